The normalized spacial score (nSPS) is 14.6. The van der Waals surface area contributed by atoms with E-state index < -0.39 is 0 Å². The summed E-state index contributed by atoms with van der Waals surface area (Å²) in [7, 11) is 0. The zero-order valence-corrected chi connectivity index (χ0v) is 18.7. The molecular weight excluding hydrogens is 445 g/mol. The molecule has 3 heterocycles. The number of nitrogens with zero attached hydrogens (tertiary/aromatic N) is 5. The first-order chi connectivity index (χ1) is 15.6. The first-order valence-electron chi connectivity index (χ1n) is 10.5. The van der Waals surface area contributed by atoms with E-state index in [0.717, 1.165) is 37.3 Å². The second-order valence-corrected chi connectivity index (χ2v) is 8.69. The summed E-state index contributed by atoms with van der Waals surface area (Å²) >= 11 is 12.3. The summed E-state index contributed by atoms with van der Waals surface area (Å²) in [5.41, 5.74) is 2.88. The Balaban J connectivity index is 1.39. The van der Waals surface area contributed by atoms with Crippen molar-refractivity contribution in [1.82, 2.24) is 19.6 Å². The molecule has 8 heteroatoms. The highest BCUT2D eigenvalue weighted by molar-refractivity contribution is 6.35. The third-order valence-corrected chi connectivity index (χ3v) is 6.20. The van der Waals surface area contributed by atoms with E-state index in [9.17, 15) is 4.79 Å². The lowest BCUT2D eigenvalue weighted by molar-refractivity contribution is 0.362. The van der Waals surface area contributed by atoms with Crippen molar-refractivity contribution in [3.8, 4) is 17.1 Å². The van der Waals surface area contributed by atoms with Gasteiger partial charge in [0.25, 0.3) is 0 Å². The van der Waals surface area contributed by atoms with Gasteiger partial charge in [-0.25, -0.2) is 4.68 Å². The first kappa shape index (κ1) is 20.8. The van der Waals surface area contributed by atoms with E-state index in [0.29, 0.717) is 21.4 Å². The number of rotatable bonds is 4. The van der Waals surface area contributed by atoms with Gasteiger partial charge in [-0.05, 0) is 49.2 Å². The number of para-hydroxylation sites is 1. The van der Waals surface area contributed by atoms with E-state index in [2.05, 4.69) is 10.00 Å². The molecule has 1 saturated heterocycles. The molecule has 0 radical (unpaired) electrons. The molecule has 0 atom stereocenters. The number of hydrogen-bond donors (Lipinski definition) is 0. The van der Waals surface area contributed by atoms with Crippen LogP contribution in [0.15, 0.2) is 77.9 Å². The second-order valence-electron chi connectivity index (χ2n) is 7.82. The third-order valence-electron chi connectivity index (χ3n) is 5.76. The van der Waals surface area contributed by atoms with Crippen molar-refractivity contribution in [1.29, 1.82) is 0 Å². The van der Waals surface area contributed by atoms with Gasteiger partial charge in [0.1, 0.15) is 0 Å². The quantitative estimate of drug-likeness (QED) is 0.413. The Kier molecular flexibility index (Phi) is 5.72. The van der Waals surface area contributed by atoms with Crippen LogP contribution in [0, 0.1) is 0 Å². The monoisotopic (exact) mass is 465 g/mol. The van der Waals surface area contributed by atoms with E-state index in [1.54, 1.807) is 29.2 Å². The molecule has 0 amide bonds. The molecule has 1 aliphatic rings. The number of piperidine rings is 1. The van der Waals surface area contributed by atoms with Gasteiger partial charge in [-0.3, -0.25) is 9.48 Å². The molecule has 0 N–H and O–H groups in total. The maximum absolute atomic E-state index is 12.7. The minimum atomic E-state index is -0.120. The fourth-order valence-corrected chi connectivity index (χ4v) is 4.68. The zero-order chi connectivity index (χ0) is 22.1. The summed E-state index contributed by atoms with van der Waals surface area (Å²) < 4.78 is 3.67. The molecule has 0 unspecified atom stereocenters. The van der Waals surface area contributed by atoms with Gasteiger partial charge < -0.3 is 4.90 Å². The fraction of sp³-hybridized carbons (Fsp3) is 0.208. The van der Waals surface area contributed by atoms with Gasteiger partial charge in [-0.2, -0.15) is 10.2 Å². The van der Waals surface area contributed by atoms with Crippen LogP contribution in [0.25, 0.3) is 17.1 Å². The van der Waals surface area contributed by atoms with E-state index >= 15 is 0 Å². The number of aromatic nitrogens is 4. The molecule has 1 aliphatic heterocycles. The van der Waals surface area contributed by atoms with Gasteiger partial charge in [0.15, 0.2) is 5.69 Å². The molecule has 2 aromatic heterocycles. The molecule has 4 aromatic rings. The Bertz CT molecular complexity index is 1270. The Labute approximate surface area is 195 Å². The molecule has 0 saturated carbocycles. The van der Waals surface area contributed by atoms with Crippen LogP contribution in [0.4, 0.5) is 5.69 Å². The Morgan fingerprint density at radius 3 is 2.31 bits per heavy atom. The summed E-state index contributed by atoms with van der Waals surface area (Å²) in [6.07, 6.45) is 5.27. The Morgan fingerprint density at radius 1 is 0.875 bits per heavy atom. The van der Waals surface area contributed by atoms with Gasteiger partial charge in [-0.15, -0.1) is 0 Å². The maximum atomic E-state index is 12.7. The molecule has 0 bridgehead atoms. The highest BCUT2D eigenvalue weighted by atomic mass is 35.5. The Hall–Kier alpha value is -3.09. The largest absolute Gasteiger partial charge is 0.371 e. The van der Waals surface area contributed by atoms with Crippen LogP contribution >= 0.6 is 23.2 Å². The summed E-state index contributed by atoms with van der Waals surface area (Å²) in [6, 6.07) is 19.0. The van der Waals surface area contributed by atoms with Crippen molar-refractivity contribution < 1.29 is 0 Å². The highest BCUT2D eigenvalue weighted by Crippen LogP contribution is 2.30. The number of anilines is 1. The van der Waals surface area contributed by atoms with Crippen molar-refractivity contribution >= 4 is 28.9 Å². The van der Waals surface area contributed by atoms with E-state index in [1.807, 2.05) is 53.2 Å². The van der Waals surface area contributed by atoms with E-state index in [-0.39, 0.29) is 11.5 Å². The zero-order valence-electron chi connectivity index (χ0n) is 17.2. The van der Waals surface area contributed by atoms with Gasteiger partial charge in [0, 0.05) is 41.1 Å². The smallest absolute Gasteiger partial charge is 0.209 e. The van der Waals surface area contributed by atoms with Crippen LogP contribution in [-0.4, -0.2) is 32.7 Å². The fourth-order valence-electron chi connectivity index (χ4n) is 4.17. The van der Waals surface area contributed by atoms with Crippen LogP contribution < -0.4 is 10.3 Å². The highest BCUT2D eigenvalue weighted by Gasteiger charge is 2.23. The van der Waals surface area contributed by atoms with E-state index in [4.69, 9.17) is 28.3 Å². The molecular formula is C24H21Cl2N5O. The minimum Gasteiger partial charge on any atom is -0.371 e. The lowest BCUT2D eigenvalue weighted by Crippen LogP contribution is -2.35. The lowest BCUT2D eigenvalue weighted by Gasteiger charge is -2.34. The molecule has 162 valence electrons. The van der Waals surface area contributed by atoms with Crippen LogP contribution in [0.5, 0.6) is 0 Å². The second kappa shape index (κ2) is 8.81. The molecule has 32 heavy (non-hydrogen) atoms. The average Bonchev–Trinajstić information content (AvgIpc) is 3.29. The summed E-state index contributed by atoms with van der Waals surface area (Å²) in [4.78, 5) is 15.0. The summed E-state index contributed by atoms with van der Waals surface area (Å²) in [6.45, 7) is 1.71. The van der Waals surface area contributed by atoms with Crippen molar-refractivity contribution in [3.05, 3.63) is 93.3 Å². The van der Waals surface area contributed by atoms with Crippen molar-refractivity contribution in [2.45, 2.75) is 18.9 Å². The van der Waals surface area contributed by atoms with Crippen LogP contribution in [0.2, 0.25) is 10.0 Å². The molecule has 0 aliphatic carbocycles. The standard InChI is InChI=1S/C24H21Cl2N5O/c25-17-14-18(26)16-21(15-17)29-11-7-19(8-12-29)30-13-9-23(32)24(28-30)22-6-10-27-31(22)20-4-2-1-3-5-20/h1-6,9-10,13-16,19H,7-8,11-12H2. The topological polar surface area (TPSA) is 56.0 Å². The van der Waals surface area contributed by atoms with Crippen molar-refractivity contribution in [2.75, 3.05) is 18.0 Å². The van der Waals surface area contributed by atoms with Gasteiger partial charge in [0.05, 0.1) is 23.6 Å². The van der Waals surface area contributed by atoms with E-state index in [1.165, 1.54) is 0 Å². The molecule has 6 nitrogen and oxygen atoms in total. The van der Waals surface area contributed by atoms with Crippen molar-refractivity contribution in [3.63, 3.8) is 0 Å². The van der Waals surface area contributed by atoms with Crippen molar-refractivity contribution in [2.24, 2.45) is 0 Å². The Morgan fingerprint density at radius 2 is 1.59 bits per heavy atom. The summed E-state index contributed by atoms with van der Waals surface area (Å²) in [5.74, 6) is 0. The maximum Gasteiger partial charge on any atom is 0.209 e. The van der Waals surface area contributed by atoms with Crippen LogP contribution in [-0.2, 0) is 0 Å². The van der Waals surface area contributed by atoms with Gasteiger partial charge in [-0.1, -0.05) is 41.4 Å². The van der Waals surface area contributed by atoms with Crippen LogP contribution in [0.3, 0.4) is 0 Å². The predicted molar refractivity (Wildman–Crippen MR) is 128 cm³/mol. The molecule has 1 fully saturated rings. The SMILES string of the molecule is O=c1ccn(C2CCN(c3cc(Cl)cc(Cl)c3)CC2)nc1-c1ccnn1-c1ccccc1. The summed E-state index contributed by atoms with van der Waals surface area (Å²) in [5, 5.41) is 10.4. The molecule has 0 spiro atoms. The van der Waals surface area contributed by atoms with Gasteiger partial charge in [0.2, 0.25) is 5.43 Å². The molecule has 2 aromatic carbocycles. The average molecular weight is 466 g/mol. The van der Waals surface area contributed by atoms with Crippen LogP contribution in [0.1, 0.15) is 18.9 Å². The first-order valence-corrected chi connectivity index (χ1v) is 11.2. The lowest BCUT2D eigenvalue weighted by atomic mass is 10.0. The third kappa shape index (κ3) is 4.16. The molecule has 5 rings (SSSR count). The number of halogens is 2. The number of hydrogen-bond acceptors (Lipinski definition) is 4. The van der Waals surface area contributed by atoms with Gasteiger partial charge >= 0.3 is 0 Å². The number of benzene rings is 2. The minimum absolute atomic E-state index is 0.120. The predicted octanol–water partition coefficient (Wildman–Crippen LogP) is 5.24.